The quantitative estimate of drug-likeness (QED) is 0.785. The van der Waals surface area contributed by atoms with Crippen LogP contribution in [0.15, 0.2) is 24.3 Å². The zero-order chi connectivity index (χ0) is 11.1. The van der Waals surface area contributed by atoms with E-state index < -0.39 is 0 Å². The largest absolute Gasteiger partial charge is 0.380 e. The summed E-state index contributed by atoms with van der Waals surface area (Å²) in [7, 11) is 1.62. The minimum absolute atomic E-state index is 0.0754. The minimum Gasteiger partial charge on any atom is -0.380 e. The van der Waals surface area contributed by atoms with E-state index in [2.05, 4.69) is 5.32 Å². The number of methoxy groups -OCH3 is 1. The molecule has 82 valence electrons. The average molecular weight is 228 g/mol. The number of hydrogen-bond donors (Lipinski definition) is 1. The number of carbonyl (C=O) groups excluding carboxylic acids is 1. The number of anilines is 1. The molecule has 15 heavy (non-hydrogen) atoms. The molecule has 0 saturated carbocycles. The Bertz CT molecular complexity index is 328. The van der Waals surface area contributed by atoms with Gasteiger partial charge in [-0.05, 0) is 6.07 Å². The molecule has 4 heteroatoms. The Hall–Kier alpha value is -1.06. The van der Waals surface area contributed by atoms with Gasteiger partial charge in [0, 0.05) is 30.7 Å². The van der Waals surface area contributed by atoms with E-state index in [0.29, 0.717) is 18.9 Å². The van der Waals surface area contributed by atoms with E-state index in [0.717, 1.165) is 11.3 Å². The van der Waals surface area contributed by atoms with Crippen LogP contribution >= 0.6 is 11.6 Å². The summed E-state index contributed by atoms with van der Waals surface area (Å²) in [5.74, 6) is 0.256. The Balaban J connectivity index is 2.70. The van der Waals surface area contributed by atoms with Gasteiger partial charge in [-0.15, -0.1) is 11.6 Å². The molecule has 0 fully saturated rings. The summed E-state index contributed by atoms with van der Waals surface area (Å²) < 4.78 is 5.03. The van der Waals surface area contributed by atoms with Crippen LogP contribution in [0.25, 0.3) is 0 Å². The van der Waals surface area contributed by atoms with Crippen LogP contribution in [0.4, 0.5) is 5.69 Å². The lowest BCUT2D eigenvalue weighted by molar-refractivity contribution is -0.115. The highest BCUT2D eigenvalue weighted by Gasteiger charge is 2.05. The van der Waals surface area contributed by atoms with E-state index in [1.807, 2.05) is 24.3 Å². The molecule has 1 rings (SSSR count). The number of rotatable bonds is 5. The van der Waals surface area contributed by atoms with E-state index in [-0.39, 0.29) is 5.91 Å². The van der Waals surface area contributed by atoms with E-state index >= 15 is 0 Å². The van der Waals surface area contributed by atoms with Crippen LogP contribution in [0, 0.1) is 0 Å². The van der Waals surface area contributed by atoms with Crippen LogP contribution in [0.5, 0.6) is 0 Å². The molecular formula is C11H14ClNO2. The molecule has 0 aliphatic rings. The zero-order valence-corrected chi connectivity index (χ0v) is 9.38. The Morgan fingerprint density at radius 3 is 2.87 bits per heavy atom. The molecule has 0 aromatic heterocycles. The van der Waals surface area contributed by atoms with Crippen molar-refractivity contribution in [2.45, 2.75) is 13.0 Å². The van der Waals surface area contributed by atoms with Gasteiger partial charge in [0.2, 0.25) is 5.91 Å². The number of nitrogens with one attached hydrogen (secondary N) is 1. The number of halogens is 1. The Morgan fingerprint density at radius 2 is 2.20 bits per heavy atom. The van der Waals surface area contributed by atoms with Gasteiger partial charge in [-0.3, -0.25) is 4.79 Å². The molecule has 0 aliphatic carbocycles. The van der Waals surface area contributed by atoms with Crippen molar-refractivity contribution in [3.05, 3.63) is 29.8 Å². The third-order valence-corrected chi connectivity index (χ3v) is 2.10. The maximum Gasteiger partial charge on any atom is 0.225 e. The average Bonchev–Trinajstić information content (AvgIpc) is 2.21. The standard InChI is InChI=1S/C11H14ClNO2/c1-15-8-9-4-2-3-5-10(9)13-11(14)6-7-12/h2-5H,6-8H2,1H3,(H,13,14). The first-order valence-electron chi connectivity index (χ1n) is 4.70. The van der Waals surface area contributed by atoms with Crippen molar-refractivity contribution in [1.29, 1.82) is 0 Å². The van der Waals surface area contributed by atoms with E-state index in [1.54, 1.807) is 7.11 Å². The number of carbonyl (C=O) groups is 1. The Kier molecular flexibility index (Phi) is 5.15. The van der Waals surface area contributed by atoms with Gasteiger partial charge in [-0.25, -0.2) is 0 Å². The van der Waals surface area contributed by atoms with Crippen molar-refractivity contribution < 1.29 is 9.53 Å². The van der Waals surface area contributed by atoms with Gasteiger partial charge >= 0.3 is 0 Å². The molecule has 0 atom stereocenters. The molecule has 1 N–H and O–H groups in total. The van der Waals surface area contributed by atoms with Gasteiger partial charge in [-0.2, -0.15) is 0 Å². The Morgan fingerprint density at radius 1 is 1.47 bits per heavy atom. The lowest BCUT2D eigenvalue weighted by Crippen LogP contribution is -2.13. The second kappa shape index (κ2) is 6.43. The van der Waals surface area contributed by atoms with E-state index in [1.165, 1.54) is 0 Å². The van der Waals surface area contributed by atoms with Crippen molar-refractivity contribution in [1.82, 2.24) is 0 Å². The SMILES string of the molecule is COCc1ccccc1NC(=O)CCCl. The first kappa shape index (κ1) is 12.0. The van der Waals surface area contributed by atoms with Crippen molar-refractivity contribution in [3.8, 4) is 0 Å². The van der Waals surface area contributed by atoms with Gasteiger partial charge in [0.05, 0.1) is 6.61 Å². The third kappa shape index (κ3) is 3.90. The van der Waals surface area contributed by atoms with Crippen LogP contribution in [0.2, 0.25) is 0 Å². The van der Waals surface area contributed by atoms with Gasteiger partial charge < -0.3 is 10.1 Å². The summed E-state index contributed by atoms with van der Waals surface area (Å²) >= 11 is 5.48. The smallest absolute Gasteiger partial charge is 0.225 e. The maximum atomic E-state index is 11.3. The van der Waals surface area contributed by atoms with Crippen LogP contribution in [0.1, 0.15) is 12.0 Å². The van der Waals surface area contributed by atoms with Crippen molar-refractivity contribution >= 4 is 23.2 Å². The fourth-order valence-corrected chi connectivity index (χ4v) is 1.39. The molecular weight excluding hydrogens is 214 g/mol. The molecule has 0 bridgehead atoms. The van der Waals surface area contributed by atoms with Crippen LogP contribution in [-0.2, 0) is 16.1 Å². The second-order valence-electron chi connectivity index (χ2n) is 3.08. The fraction of sp³-hybridized carbons (Fsp3) is 0.364. The fourth-order valence-electron chi connectivity index (χ4n) is 1.22. The molecule has 0 aliphatic heterocycles. The summed E-state index contributed by atoms with van der Waals surface area (Å²) in [6, 6.07) is 7.54. The molecule has 0 unspecified atom stereocenters. The summed E-state index contributed by atoms with van der Waals surface area (Å²) in [4.78, 5) is 11.3. The third-order valence-electron chi connectivity index (χ3n) is 1.91. The lowest BCUT2D eigenvalue weighted by atomic mass is 10.2. The first-order valence-corrected chi connectivity index (χ1v) is 5.24. The monoisotopic (exact) mass is 227 g/mol. The zero-order valence-electron chi connectivity index (χ0n) is 8.63. The normalized spacial score (nSPS) is 10.0. The number of hydrogen-bond acceptors (Lipinski definition) is 2. The molecule has 1 amide bonds. The van der Waals surface area contributed by atoms with E-state index in [4.69, 9.17) is 16.3 Å². The topological polar surface area (TPSA) is 38.3 Å². The van der Waals surface area contributed by atoms with Crippen molar-refractivity contribution in [2.75, 3.05) is 18.3 Å². The molecule has 0 saturated heterocycles. The van der Waals surface area contributed by atoms with Crippen molar-refractivity contribution in [3.63, 3.8) is 0 Å². The maximum absolute atomic E-state index is 11.3. The van der Waals surface area contributed by atoms with Crippen LogP contribution < -0.4 is 5.32 Å². The highest BCUT2D eigenvalue weighted by molar-refractivity contribution is 6.19. The highest BCUT2D eigenvalue weighted by atomic mass is 35.5. The molecule has 1 aromatic carbocycles. The number of alkyl halides is 1. The number of amides is 1. The molecule has 1 aromatic rings. The van der Waals surface area contributed by atoms with Crippen LogP contribution in [0.3, 0.4) is 0 Å². The molecule has 0 spiro atoms. The summed E-state index contributed by atoms with van der Waals surface area (Å²) in [6.45, 7) is 0.483. The van der Waals surface area contributed by atoms with Crippen LogP contribution in [-0.4, -0.2) is 18.9 Å². The second-order valence-corrected chi connectivity index (χ2v) is 3.46. The minimum atomic E-state index is -0.0754. The highest BCUT2D eigenvalue weighted by Crippen LogP contribution is 2.15. The predicted octanol–water partition coefficient (Wildman–Crippen LogP) is 2.40. The molecule has 3 nitrogen and oxygen atoms in total. The van der Waals surface area contributed by atoms with E-state index in [9.17, 15) is 4.79 Å². The number of para-hydroxylation sites is 1. The predicted molar refractivity (Wildman–Crippen MR) is 61.1 cm³/mol. The number of benzene rings is 1. The molecule has 0 radical (unpaired) electrons. The van der Waals surface area contributed by atoms with Gasteiger partial charge in [0.1, 0.15) is 0 Å². The van der Waals surface area contributed by atoms with Gasteiger partial charge in [0.15, 0.2) is 0 Å². The van der Waals surface area contributed by atoms with Crippen molar-refractivity contribution in [2.24, 2.45) is 0 Å². The van der Waals surface area contributed by atoms with Gasteiger partial charge in [0.25, 0.3) is 0 Å². The Labute approximate surface area is 94.4 Å². The number of ether oxygens (including phenoxy) is 1. The summed E-state index contributed by atoms with van der Waals surface area (Å²) in [5.41, 5.74) is 1.75. The lowest BCUT2D eigenvalue weighted by Gasteiger charge is -2.09. The first-order chi connectivity index (χ1) is 7.27. The summed E-state index contributed by atoms with van der Waals surface area (Å²) in [6.07, 6.45) is 0.322. The summed E-state index contributed by atoms with van der Waals surface area (Å²) in [5, 5.41) is 2.79. The molecule has 0 heterocycles. The van der Waals surface area contributed by atoms with Gasteiger partial charge in [-0.1, -0.05) is 18.2 Å².